The van der Waals surface area contributed by atoms with Gasteiger partial charge in [-0.25, -0.2) is 8.42 Å². The predicted molar refractivity (Wildman–Crippen MR) is 57.2 cm³/mol. The van der Waals surface area contributed by atoms with Crippen LogP contribution in [0, 0.1) is 0 Å². The van der Waals surface area contributed by atoms with Crippen LogP contribution in [0.5, 0.6) is 0 Å². The minimum absolute atomic E-state index is 0.121. The van der Waals surface area contributed by atoms with Crippen molar-refractivity contribution in [3.63, 3.8) is 0 Å². The molecule has 1 aromatic carbocycles. The number of ketones is 1. The van der Waals surface area contributed by atoms with Crippen molar-refractivity contribution in [2.75, 3.05) is 12.5 Å². The molecule has 0 aliphatic heterocycles. The van der Waals surface area contributed by atoms with E-state index in [1.807, 2.05) is 30.3 Å². The van der Waals surface area contributed by atoms with E-state index in [0.29, 0.717) is 0 Å². The molecule has 0 amide bonds. The van der Waals surface area contributed by atoms with E-state index in [1.54, 1.807) is 6.92 Å². The van der Waals surface area contributed by atoms with E-state index in [4.69, 9.17) is 0 Å². The molecule has 1 aromatic rings. The van der Waals surface area contributed by atoms with Crippen LogP contribution in [0.25, 0.3) is 0 Å². The Kier molecular flexibility index (Phi) is 5.09. The summed E-state index contributed by atoms with van der Waals surface area (Å²) in [6.45, 7) is 1.56. The largest absolute Gasteiger partial charge is 0.295 e. The van der Waals surface area contributed by atoms with Gasteiger partial charge in [0.15, 0.2) is 5.78 Å². The van der Waals surface area contributed by atoms with Gasteiger partial charge in [0.1, 0.15) is 9.84 Å². The second-order valence-corrected chi connectivity index (χ2v) is 5.35. The van der Waals surface area contributed by atoms with Crippen LogP contribution in [0.1, 0.15) is 17.3 Å². The van der Waals surface area contributed by atoms with Gasteiger partial charge in [0.05, 0.1) is 0 Å². The molecule has 14 heavy (non-hydrogen) atoms. The maximum absolute atomic E-state index is 10.6. The molecule has 0 radical (unpaired) electrons. The van der Waals surface area contributed by atoms with Crippen LogP contribution in [0.15, 0.2) is 30.3 Å². The average Bonchev–Trinajstić information content (AvgIpc) is 2.03. The average molecular weight is 214 g/mol. The fraction of sp³-hybridized carbons (Fsp3) is 0.300. The normalized spacial score (nSPS) is 9.93. The molecule has 78 valence electrons. The van der Waals surface area contributed by atoms with Crippen molar-refractivity contribution in [3.05, 3.63) is 35.9 Å². The predicted octanol–water partition coefficient (Wildman–Crippen LogP) is 1.55. The Balaban J connectivity index is 0.000000292. The van der Waals surface area contributed by atoms with Crippen LogP contribution in [-0.2, 0) is 9.84 Å². The van der Waals surface area contributed by atoms with Crippen LogP contribution >= 0.6 is 0 Å². The Morgan fingerprint density at radius 2 is 1.43 bits per heavy atom. The first-order valence-corrected chi connectivity index (χ1v) is 6.31. The molecular formula is C10H14O3S. The highest BCUT2D eigenvalue weighted by molar-refractivity contribution is 7.89. The van der Waals surface area contributed by atoms with Crippen molar-refractivity contribution >= 4 is 15.6 Å². The Hall–Kier alpha value is -1.16. The van der Waals surface area contributed by atoms with Gasteiger partial charge in [-0.2, -0.15) is 0 Å². The van der Waals surface area contributed by atoms with Crippen LogP contribution < -0.4 is 0 Å². The molecule has 4 heteroatoms. The zero-order valence-electron chi connectivity index (χ0n) is 8.52. The molecule has 1 rings (SSSR count). The summed E-state index contributed by atoms with van der Waals surface area (Å²) < 4.78 is 19.3. The summed E-state index contributed by atoms with van der Waals surface area (Å²) in [5.41, 5.74) is 0.775. The number of sulfone groups is 1. The highest BCUT2D eigenvalue weighted by atomic mass is 32.2. The Morgan fingerprint density at radius 3 is 1.64 bits per heavy atom. The number of hydrogen-bond acceptors (Lipinski definition) is 3. The first kappa shape index (κ1) is 12.8. The van der Waals surface area contributed by atoms with Crippen molar-refractivity contribution in [1.29, 1.82) is 0 Å². The lowest BCUT2D eigenvalue weighted by Crippen LogP contribution is -1.88. The van der Waals surface area contributed by atoms with E-state index in [0.717, 1.165) is 18.1 Å². The zero-order valence-corrected chi connectivity index (χ0v) is 9.34. The third kappa shape index (κ3) is 8.93. The number of carbonyl (C=O) groups excluding carboxylic acids is 1. The Morgan fingerprint density at radius 1 is 1.07 bits per heavy atom. The van der Waals surface area contributed by atoms with Crippen molar-refractivity contribution in [2.24, 2.45) is 0 Å². The molecule has 0 spiro atoms. The van der Waals surface area contributed by atoms with E-state index in [9.17, 15) is 13.2 Å². The lowest BCUT2D eigenvalue weighted by atomic mass is 10.2. The van der Waals surface area contributed by atoms with E-state index < -0.39 is 9.84 Å². The second-order valence-electron chi connectivity index (χ2n) is 3.07. The summed E-state index contributed by atoms with van der Waals surface area (Å²) in [6, 6.07) is 9.23. The third-order valence-electron chi connectivity index (χ3n) is 1.18. The number of benzene rings is 1. The monoisotopic (exact) mass is 214 g/mol. The van der Waals surface area contributed by atoms with Crippen molar-refractivity contribution in [3.8, 4) is 0 Å². The summed E-state index contributed by atoms with van der Waals surface area (Å²) in [6.07, 6.45) is 2.32. The van der Waals surface area contributed by atoms with Gasteiger partial charge in [0.2, 0.25) is 0 Å². The van der Waals surface area contributed by atoms with Gasteiger partial charge in [0.25, 0.3) is 0 Å². The van der Waals surface area contributed by atoms with Gasteiger partial charge in [-0.05, 0) is 6.92 Å². The maximum Gasteiger partial charge on any atom is 0.159 e. The van der Waals surface area contributed by atoms with Gasteiger partial charge in [-0.1, -0.05) is 30.3 Å². The highest BCUT2D eigenvalue weighted by Crippen LogP contribution is 1.97. The van der Waals surface area contributed by atoms with Gasteiger partial charge in [-0.15, -0.1) is 0 Å². The van der Waals surface area contributed by atoms with E-state index in [2.05, 4.69) is 0 Å². The van der Waals surface area contributed by atoms with Crippen molar-refractivity contribution < 1.29 is 13.2 Å². The first-order chi connectivity index (χ1) is 6.30. The summed E-state index contributed by atoms with van der Waals surface area (Å²) in [7, 11) is -2.67. The molecule has 0 atom stereocenters. The zero-order chi connectivity index (χ0) is 11.2. The van der Waals surface area contributed by atoms with Gasteiger partial charge in [-0.3, -0.25) is 4.79 Å². The van der Waals surface area contributed by atoms with Gasteiger partial charge >= 0.3 is 0 Å². The topological polar surface area (TPSA) is 51.2 Å². The molecule has 0 aliphatic carbocycles. The second kappa shape index (κ2) is 5.54. The minimum Gasteiger partial charge on any atom is -0.295 e. The Labute approximate surface area is 84.7 Å². The van der Waals surface area contributed by atoms with Crippen LogP contribution in [0.3, 0.4) is 0 Å². The molecule has 0 fully saturated rings. The molecule has 0 bridgehead atoms. The molecular weight excluding hydrogens is 200 g/mol. The molecule has 0 aromatic heterocycles. The van der Waals surface area contributed by atoms with Gasteiger partial charge in [0, 0.05) is 18.1 Å². The quantitative estimate of drug-likeness (QED) is 0.666. The smallest absolute Gasteiger partial charge is 0.159 e. The number of hydrogen-bond donors (Lipinski definition) is 0. The molecule has 0 unspecified atom stereocenters. The van der Waals surface area contributed by atoms with E-state index in [-0.39, 0.29) is 5.78 Å². The standard InChI is InChI=1S/C8H8O.C2H6O2S/c1-7(9)8-5-3-2-4-6-8;1-5(2,3)4/h2-6H,1H3;1-2H3. The maximum atomic E-state index is 10.6. The SMILES string of the molecule is CC(=O)c1ccccc1.CS(C)(=O)=O. The summed E-state index contributed by atoms with van der Waals surface area (Å²) in [5, 5.41) is 0. The Bertz CT molecular complexity index is 371. The van der Waals surface area contributed by atoms with Crippen molar-refractivity contribution in [1.82, 2.24) is 0 Å². The van der Waals surface area contributed by atoms with Crippen LogP contribution in [-0.4, -0.2) is 26.7 Å². The third-order valence-corrected chi connectivity index (χ3v) is 1.18. The van der Waals surface area contributed by atoms with Crippen LogP contribution in [0.2, 0.25) is 0 Å². The van der Waals surface area contributed by atoms with Gasteiger partial charge < -0.3 is 0 Å². The molecule has 0 aliphatic rings. The summed E-state index contributed by atoms with van der Waals surface area (Å²) >= 11 is 0. The van der Waals surface area contributed by atoms with Crippen LogP contribution in [0.4, 0.5) is 0 Å². The first-order valence-electron chi connectivity index (χ1n) is 4.01. The molecule has 3 nitrogen and oxygen atoms in total. The minimum atomic E-state index is -2.67. The summed E-state index contributed by atoms with van der Waals surface area (Å²) in [4.78, 5) is 10.6. The highest BCUT2D eigenvalue weighted by Gasteiger charge is 1.92. The van der Waals surface area contributed by atoms with E-state index in [1.165, 1.54) is 0 Å². The number of rotatable bonds is 1. The molecule has 0 heterocycles. The number of Topliss-reactive ketones (excluding diaryl/α,β-unsaturated/α-hetero) is 1. The number of carbonyl (C=O) groups is 1. The fourth-order valence-electron chi connectivity index (χ4n) is 0.673. The lowest BCUT2D eigenvalue weighted by Gasteiger charge is -1.89. The molecule has 0 N–H and O–H groups in total. The molecule has 0 saturated carbocycles. The lowest BCUT2D eigenvalue weighted by molar-refractivity contribution is 0.101. The van der Waals surface area contributed by atoms with Crippen molar-refractivity contribution in [2.45, 2.75) is 6.92 Å². The fourth-order valence-corrected chi connectivity index (χ4v) is 0.673. The summed E-state index contributed by atoms with van der Waals surface area (Å²) in [5.74, 6) is 0.121. The molecule has 0 saturated heterocycles. The van der Waals surface area contributed by atoms with E-state index >= 15 is 0 Å².